The lowest BCUT2D eigenvalue weighted by molar-refractivity contribution is -0.606. The van der Waals surface area contributed by atoms with Crippen molar-refractivity contribution in [1.82, 2.24) is 0 Å². The maximum absolute atomic E-state index is 11.3. The number of pyridine rings is 2. The van der Waals surface area contributed by atoms with E-state index in [0.717, 1.165) is 0 Å². The largest absolute Gasteiger partial charge is 0.710 e. The molecule has 0 atom stereocenters. The van der Waals surface area contributed by atoms with Gasteiger partial charge in [0, 0.05) is 18.2 Å². The summed E-state index contributed by atoms with van der Waals surface area (Å²) in [5.74, 6) is 0.242. The zero-order chi connectivity index (χ0) is 11.4. The molecule has 5 nitrogen and oxygen atoms in total. The summed E-state index contributed by atoms with van der Waals surface area (Å²) in [6.07, 6.45) is 4.08. The molecule has 2 aromatic rings. The van der Waals surface area contributed by atoms with Crippen molar-refractivity contribution in [2.75, 3.05) is 0 Å². The number of hydrogen-bond acceptors (Lipinski definition) is 3. The highest BCUT2D eigenvalue weighted by Crippen LogP contribution is 2.02. The number of rotatable bonds is 2. The smallest absolute Gasteiger partial charge is 0.326 e. The Bertz CT molecular complexity index is 479. The van der Waals surface area contributed by atoms with Gasteiger partial charge in [-0.3, -0.25) is 0 Å². The van der Waals surface area contributed by atoms with Gasteiger partial charge in [-0.1, -0.05) is 6.07 Å². The minimum atomic E-state index is 0.242. The second-order valence-corrected chi connectivity index (χ2v) is 3.09. The molecular formula is C11H9N3O2. The standard InChI is InChI=1S/C11H9N3O2/c15-13-7-3-1-5-10(13)9-12-11-6-2-4-8-14(11)16/h1-9H/b12-9+. The van der Waals surface area contributed by atoms with E-state index in [4.69, 9.17) is 0 Å². The van der Waals surface area contributed by atoms with Crippen LogP contribution in [0, 0.1) is 10.4 Å². The first kappa shape index (κ1) is 10.1. The van der Waals surface area contributed by atoms with Crippen LogP contribution in [0.25, 0.3) is 0 Å². The van der Waals surface area contributed by atoms with Gasteiger partial charge in [-0.25, -0.2) is 4.73 Å². The zero-order valence-electron chi connectivity index (χ0n) is 8.35. The summed E-state index contributed by atoms with van der Waals surface area (Å²) in [4.78, 5) is 3.94. The Morgan fingerprint density at radius 1 is 0.938 bits per heavy atom. The van der Waals surface area contributed by atoms with E-state index in [9.17, 15) is 10.4 Å². The quantitative estimate of drug-likeness (QED) is 0.420. The molecule has 0 fully saturated rings. The average molecular weight is 215 g/mol. The fourth-order valence-corrected chi connectivity index (χ4v) is 1.19. The van der Waals surface area contributed by atoms with E-state index in [1.807, 2.05) is 0 Å². The lowest BCUT2D eigenvalue weighted by Crippen LogP contribution is -2.30. The predicted octanol–water partition coefficient (Wildman–Crippen LogP) is 0.704. The van der Waals surface area contributed by atoms with Gasteiger partial charge in [0.2, 0.25) is 6.21 Å². The summed E-state index contributed by atoms with van der Waals surface area (Å²) in [5, 5.41) is 22.5. The minimum absolute atomic E-state index is 0.242. The monoisotopic (exact) mass is 215 g/mol. The van der Waals surface area contributed by atoms with Gasteiger partial charge in [0.05, 0.1) is 6.20 Å². The second-order valence-electron chi connectivity index (χ2n) is 3.09. The highest BCUT2D eigenvalue weighted by Gasteiger charge is 2.04. The molecule has 0 spiro atoms. The molecule has 0 aromatic carbocycles. The molecule has 2 heterocycles. The molecule has 0 bridgehead atoms. The molecule has 0 unspecified atom stereocenters. The number of aromatic nitrogens is 2. The Balaban J connectivity index is 2.29. The Hall–Kier alpha value is -2.43. The van der Waals surface area contributed by atoms with Gasteiger partial charge in [0.1, 0.15) is 0 Å². The van der Waals surface area contributed by atoms with Crippen molar-refractivity contribution in [2.45, 2.75) is 0 Å². The van der Waals surface area contributed by atoms with E-state index in [1.165, 1.54) is 18.6 Å². The molecule has 0 amide bonds. The first-order chi connectivity index (χ1) is 7.77. The van der Waals surface area contributed by atoms with E-state index in [1.54, 1.807) is 36.4 Å². The molecule has 0 aliphatic rings. The van der Waals surface area contributed by atoms with Crippen LogP contribution in [0.1, 0.15) is 5.69 Å². The van der Waals surface area contributed by atoms with E-state index in [2.05, 4.69) is 4.99 Å². The topological polar surface area (TPSA) is 66.2 Å². The number of hydrogen-bond donors (Lipinski definition) is 0. The van der Waals surface area contributed by atoms with Gasteiger partial charge in [-0.2, -0.15) is 4.73 Å². The van der Waals surface area contributed by atoms with E-state index < -0.39 is 0 Å². The van der Waals surface area contributed by atoms with Gasteiger partial charge < -0.3 is 10.4 Å². The molecule has 5 heteroatoms. The third-order valence-corrected chi connectivity index (χ3v) is 1.99. The van der Waals surface area contributed by atoms with E-state index >= 15 is 0 Å². The van der Waals surface area contributed by atoms with Gasteiger partial charge in [-0.05, 0) is 17.1 Å². The first-order valence-corrected chi connectivity index (χ1v) is 4.68. The highest BCUT2D eigenvalue weighted by molar-refractivity contribution is 5.76. The van der Waals surface area contributed by atoms with Crippen molar-refractivity contribution in [3.8, 4) is 0 Å². The molecule has 2 rings (SSSR count). The summed E-state index contributed by atoms with van der Waals surface area (Å²) in [5.41, 5.74) is 0.381. The third-order valence-electron chi connectivity index (χ3n) is 1.99. The van der Waals surface area contributed by atoms with Gasteiger partial charge in [0.25, 0.3) is 5.69 Å². The Morgan fingerprint density at radius 2 is 1.62 bits per heavy atom. The molecule has 0 saturated heterocycles. The van der Waals surface area contributed by atoms with Crippen molar-refractivity contribution < 1.29 is 9.46 Å². The minimum Gasteiger partial charge on any atom is -0.710 e. The van der Waals surface area contributed by atoms with Crippen LogP contribution in [0.2, 0.25) is 0 Å². The summed E-state index contributed by atoms with van der Waals surface area (Å²) in [6.45, 7) is 0. The molecule has 80 valence electrons. The summed E-state index contributed by atoms with van der Waals surface area (Å²) >= 11 is 0. The van der Waals surface area contributed by atoms with Crippen LogP contribution >= 0.6 is 0 Å². The van der Waals surface area contributed by atoms with Gasteiger partial charge in [0.15, 0.2) is 6.20 Å². The van der Waals surface area contributed by atoms with Crippen LogP contribution in [0.3, 0.4) is 0 Å². The van der Waals surface area contributed by atoms with Crippen LogP contribution < -0.4 is 9.46 Å². The van der Waals surface area contributed by atoms with Crippen molar-refractivity contribution in [3.05, 3.63) is 64.9 Å². The van der Waals surface area contributed by atoms with Crippen LogP contribution in [-0.4, -0.2) is 6.21 Å². The highest BCUT2D eigenvalue weighted by atomic mass is 16.5. The van der Waals surface area contributed by atoms with Crippen molar-refractivity contribution >= 4 is 12.0 Å². The first-order valence-electron chi connectivity index (χ1n) is 4.68. The molecule has 0 N–H and O–H groups in total. The zero-order valence-corrected chi connectivity index (χ0v) is 8.35. The normalized spacial score (nSPS) is 10.8. The molecule has 16 heavy (non-hydrogen) atoms. The van der Waals surface area contributed by atoms with E-state index in [0.29, 0.717) is 15.2 Å². The maximum Gasteiger partial charge on any atom is 0.326 e. The SMILES string of the molecule is [O-][n+]1ccccc1/C=N/c1cccc[n+]1[O-]. The van der Waals surface area contributed by atoms with Crippen LogP contribution in [0.15, 0.2) is 53.8 Å². The van der Waals surface area contributed by atoms with Crippen LogP contribution in [-0.2, 0) is 0 Å². The molecular weight excluding hydrogens is 206 g/mol. The number of nitrogens with zero attached hydrogens (tertiary/aromatic N) is 3. The van der Waals surface area contributed by atoms with Gasteiger partial charge in [-0.15, -0.1) is 0 Å². The van der Waals surface area contributed by atoms with Gasteiger partial charge >= 0.3 is 5.82 Å². The van der Waals surface area contributed by atoms with E-state index in [-0.39, 0.29) is 5.82 Å². The fourth-order valence-electron chi connectivity index (χ4n) is 1.19. The molecule has 2 aromatic heterocycles. The Labute approximate surface area is 92.1 Å². The Kier molecular flexibility index (Phi) is 2.77. The fraction of sp³-hybridized carbons (Fsp3) is 0. The molecule has 0 aliphatic carbocycles. The third kappa shape index (κ3) is 2.14. The molecule has 0 radical (unpaired) electrons. The van der Waals surface area contributed by atoms with Crippen LogP contribution in [0.4, 0.5) is 5.82 Å². The van der Waals surface area contributed by atoms with Crippen molar-refractivity contribution in [3.63, 3.8) is 0 Å². The van der Waals surface area contributed by atoms with Crippen LogP contribution in [0.5, 0.6) is 0 Å². The second kappa shape index (κ2) is 4.39. The van der Waals surface area contributed by atoms with Crippen molar-refractivity contribution in [1.29, 1.82) is 0 Å². The Morgan fingerprint density at radius 3 is 2.31 bits per heavy atom. The summed E-state index contributed by atoms with van der Waals surface area (Å²) in [6, 6.07) is 9.86. The molecule has 0 aliphatic heterocycles. The number of aliphatic imine (C=N–C) groups is 1. The predicted molar refractivity (Wildman–Crippen MR) is 58.1 cm³/mol. The lowest BCUT2D eigenvalue weighted by atomic mass is 10.4. The average Bonchev–Trinajstić information content (AvgIpc) is 2.30. The van der Waals surface area contributed by atoms with Crippen molar-refractivity contribution in [2.24, 2.45) is 4.99 Å². The summed E-state index contributed by atoms with van der Waals surface area (Å²) < 4.78 is 1.32. The maximum atomic E-state index is 11.3. The summed E-state index contributed by atoms with van der Waals surface area (Å²) in [7, 11) is 0. The lowest BCUT2D eigenvalue weighted by Gasteiger charge is -2.00. The molecule has 0 saturated carbocycles.